The Morgan fingerprint density at radius 2 is 2.00 bits per heavy atom. The molecular weight excluding hydrogens is 258 g/mol. The third-order valence-corrected chi connectivity index (χ3v) is 6.33. The number of sulfone groups is 1. The van der Waals surface area contributed by atoms with Crippen molar-refractivity contribution in [1.82, 2.24) is 5.32 Å². The lowest BCUT2D eigenvalue weighted by atomic mass is 10.2. The number of rotatable bonds is 4. The van der Waals surface area contributed by atoms with E-state index in [9.17, 15) is 8.42 Å². The highest BCUT2D eigenvalue weighted by Gasteiger charge is 2.35. The van der Waals surface area contributed by atoms with Crippen molar-refractivity contribution in [3.8, 4) is 0 Å². The predicted molar refractivity (Wildman–Crippen MR) is 78.2 cm³/mol. The first-order valence-electron chi connectivity index (χ1n) is 6.99. The minimum atomic E-state index is -3.18. The van der Waals surface area contributed by atoms with Gasteiger partial charge in [-0.05, 0) is 51.3 Å². The SMILES string of the molecule is CCNC1CCC(S(=O)(=O)c2ccc(C)cc2C)C1. The fourth-order valence-electron chi connectivity index (χ4n) is 2.99. The van der Waals surface area contributed by atoms with Gasteiger partial charge in [0, 0.05) is 6.04 Å². The van der Waals surface area contributed by atoms with E-state index < -0.39 is 9.84 Å². The zero-order valence-corrected chi connectivity index (χ0v) is 12.8. The Labute approximate surface area is 116 Å². The molecule has 1 aromatic rings. The van der Waals surface area contributed by atoms with Crippen molar-refractivity contribution in [3.63, 3.8) is 0 Å². The summed E-state index contributed by atoms with van der Waals surface area (Å²) in [5.74, 6) is 0. The van der Waals surface area contributed by atoms with Crippen LogP contribution in [0.3, 0.4) is 0 Å². The molecule has 3 nitrogen and oxygen atoms in total. The number of hydrogen-bond donors (Lipinski definition) is 1. The Kier molecular flexibility index (Phi) is 4.31. The lowest BCUT2D eigenvalue weighted by Crippen LogP contribution is -2.28. The largest absolute Gasteiger partial charge is 0.314 e. The highest BCUT2D eigenvalue weighted by molar-refractivity contribution is 7.92. The zero-order valence-electron chi connectivity index (χ0n) is 11.9. The van der Waals surface area contributed by atoms with Gasteiger partial charge >= 0.3 is 0 Å². The summed E-state index contributed by atoms with van der Waals surface area (Å²) in [5.41, 5.74) is 1.97. The minimum Gasteiger partial charge on any atom is -0.314 e. The average Bonchev–Trinajstić information content (AvgIpc) is 2.78. The van der Waals surface area contributed by atoms with E-state index in [2.05, 4.69) is 12.2 Å². The molecular formula is C15H23NO2S. The highest BCUT2D eigenvalue weighted by Crippen LogP contribution is 2.31. The average molecular weight is 281 g/mol. The van der Waals surface area contributed by atoms with Crippen LogP contribution in [0.15, 0.2) is 23.1 Å². The molecule has 0 heterocycles. The summed E-state index contributed by atoms with van der Waals surface area (Å²) in [7, 11) is -3.18. The van der Waals surface area contributed by atoms with E-state index in [4.69, 9.17) is 0 Å². The molecule has 0 radical (unpaired) electrons. The molecule has 2 rings (SSSR count). The van der Waals surface area contributed by atoms with Crippen LogP contribution in [0.1, 0.15) is 37.3 Å². The molecule has 1 aliphatic rings. The summed E-state index contributed by atoms with van der Waals surface area (Å²) in [6, 6.07) is 5.95. The molecule has 1 saturated carbocycles. The van der Waals surface area contributed by atoms with Crippen LogP contribution in [0, 0.1) is 13.8 Å². The molecule has 0 saturated heterocycles. The Balaban J connectivity index is 2.23. The Hall–Kier alpha value is -0.870. The summed E-state index contributed by atoms with van der Waals surface area (Å²) in [5, 5.41) is 3.13. The van der Waals surface area contributed by atoms with E-state index in [1.807, 2.05) is 26.0 Å². The maximum Gasteiger partial charge on any atom is 0.181 e. The highest BCUT2D eigenvalue weighted by atomic mass is 32.2. The lowest BCUT2D eigenvalue weighted by molar-refractivity contribution is 0.537. The van der Waals surface area contributed by atoms with E-state index in [0.29, 0.717) is 10.9 Å². The van der Waals surface area contributed by atoms with Crippen LogP contribution in [-0.4, -0.2) is 26.3 Å². The van der Waals surface area contributed by atoms with E-state index >= 15 is 0 Å². The second-order valence-electron chi connectivity index (χ2n) is 5.50. The Morgan fingerprint density at radius 1 is 1.26 bits per heavy atom. The number of hydrogen-bond acceptors (Lipinski definition) is 3. The van der Waals surface area contributed by atoms with E-state index in [1.165, 1.54) is 0 Å². The van der Waals surface area contributed by atoms with Gasteiger partial charge in [-0.15, -0.1) is 0 Å². The van der Waals surface area contributed by atoms with Crippen LogP contribution >= 0.6 is 0 Å². The van der Waals surface area contributed by atoms with Gasteiger partial charge in [0.25, 0.3) is 0 Å². The quantitative estimate of drug-likeness (QED) is 0.923. The van der Waals surface area contributed by atoms with Crippen LogP contribution < -0.4 is 5.32 Å². The number of benzene rings is 1. The molecule has 2 unspecified atom stereocenters. The van der Waals surface area contributed by atoms with Crippen LogP contribution in [0.2, 0.25) is 0 Å². The smallest absolute Gasteiger partial charge is 0.181 e. The molecule has 0 aliphatic heterocycles. The molecule has 1 N–H and O–H groups in total. The van der Waals surface area contributed by atoms with Crippen molar-refractivity contribution >= 4 is 9.84 Å². The number of aryl methyl sites for hydroxylation is 2. The number of nitrogens with one attached hydrogen (secondary N) is 1. The Morgan fingerprint density at radius 3 is 2.63 bits per heavy atom. The van der Waals surface area contributed by atoms with Gasteiger partial charge < -0.3 is 5.32 Å². The molecule has 4 heteroatoms. The molecule has 1 aromatic carbocycles. The zero-order chi connectivity index (χ0) is 14.0. The third-order valence-electron chi connectivity index (χ3n) is 3.95. The van der Waals surface area contributed by atoms with Crippen molar-refractivity contribution in [2.75, 3.05) is 6.54 Å². The minimum absolute atomic E-state index is 0.224. The second-order valence-corrected chi connectivity index (χ2v) is 7.70. The topological polar surface area (TPSA) is 46.2 Å². The first-order valence-corrected chi connectivity index (χ1v) is 8.54. The first-order chi connectivity index (χ1) is 8.95. The second kappa shape index (κ2) is 5.63. The van der Waals surface area contributed by atoms with E-state index in [-0.39, 0.29) is 5.25 Å². The molecule has 1 fully saturated rings. The molecule has 0 amide bonds. The summed E-state index contributed by atoms with van der Waals surface area (Å²) in [6.07, 6.45) is 2.47. The molecule has 1 aliphatic carbocycles. The standard InChI is InChI=1S/C15H23NO2S/c1-4-16-13-6-7-14(10-13)19(17,18)15-8-5-11(2)9-12(15)3/h5,8-9,13-14,16H,4,6-7,10H2,1-3H3. The maximum absolute atomic E-state index is 12.7. The van der Waals surface area contributed by atoms with Crippen LogP contribution in [0.4, 0.5) is 0 Å². The van der Waals surface area contributed by atoms with Gasteiger partial charge in [-0.3, -0.25) is 0 Å². The fraction of sp³-hybridized carbons (Fsp3) is 0.600. The molecule has 0 spiro atoms. The maximum atomic E-state index is 12.7. The summed E-state index contributed by atoms with van der Waals surface area (Å²) < 4.78 is 25.4. The summed E-state index contributed by atoms with van der Waals surface area (Å²) in [4.78, 5) is 0.514. The molecule has 0 bridgehead atoms. The molecule has 0 aromatic heterocycles. The van der Waals surface area contributed by atoms with Crippen molar-refractivity contribution in [1.29, 1.82) is 0 Å². The van der Waals surface area contributed by atoms with Crippen molar-refractivity contribution < 1.29 is 8.42 Å². The lowest BCUT2D eigenvalue weighted by Gasteiger charge is -2.15. The van der Waals surface area contributed by atoms with Gasteiger partial charge in [0.05, 0.1) is 10.1 Å². The van der Waals surface area contributed by atoms with Gasteiger partial charge in [-0.25, -0.2) is 8.42 Å². The van der Waals surface area contributed by atoms with Crippen LogP contribution in [0.5, 0.6) is 0 Å². The van der Waals surface area contributed by atoms with E-state index in [0.717, 1.165) is 36.9 Å². The van der Waals surface area contributed by atoms with Crippen molar-refractivity contribution in [2.45, 2.75) is 56.2 Å². The van der Waals surface area contributed by atoms with Gasteiger partial charge in [0.2, 0.25) is 0 Å². The van der Waals surface area contributed by atoms with Crippen LogP contribution in [0.25, 0.3) is 0 Å². The van der Waals surface area contributed by atoms with Crippen LogP contribution in [-0.2, 0) is 9.84 Å². The van der Waals surface area contributed by atoms with Crippen molar-refractivity contribution in [2.24, 2.45) is 0 Å². The van der Waals surface area contributed by atoms with Gasteiger partial charge in [0.1, 0.15) is 0 Å². The van der Waals surface area contributed by atoms with Gasteiger partial charge in [-0.1, -0.05) is 24.6 Å². The Bertz CT molecular complexity index is 551. The van der Waals surface area contributed by atoms with Gasteiger partial charge in [-0.2, -0.15) is 0 Å². The third kappa shape index (κ3) is 3.00. The summed E-state index contributed by atoms with van der Waals surface area (Å²) >= 11 is 0. The first kappa shape index (κ1) is 14.5. The monoisotopic (exact) mass is 281 g/mol. The predicted octanol–water partition coefficient (Wildman–Crippen LogP) is 2.61. The molecule has 106 valence electrons. The molecule has 19 heavy (non-hydrogen) atoms. The normalized spacial score (nSPS) is 23.7. The van der Waals surface area contributed by atoms with E-state index in [1.54, 1.807) is 6.07 Å². The summed E-state index contributed by atoms with van der Waals surface area (Å²) in [6.45, 7) is 6.84. The van der Waals surface area contributed by atoms with Gasteiger partial charge in [0.15, 0.2) is 9.84 Å². The fourth-order valence-corrected chi connectivity index (χ4v) is 5.05. The van der Waals surface area contributed by atoms with Crippen molar-refractivity contribution in [3.05, 3.63) is 29.3 Å². The molecule has 2 atom stereocenters.